The number of benzene rings is 1. The van der Waals surface area contributed by atoms with Crippen molar-refractivity contribution in [1.29, 1.82) is 0 Å². The summed E-state index contributed by atoms with van der Waals surface area (Å²) in [6.45, 7) is 2.34. The molecule has 1 aliphatic carbocycles. The quantitative estimate of drug-likeness (QED) is 0.877. The highest BCUT2D eigenvalue weighted by Crippen LogP contribution is 2.35. The second-order valence-corrected chi connectivity index (χ2v) is 7.70. The van der Waals surface area contributed by atoms with Crippen molar-refractivity contribution in [1.82, 2.24) is 4.72 Å². The highest BCUT2D eigenvalue weighted by Gasteiger charge is 2.29. The van der Waals surface area contributed by atoms with E-state index in [0.29, 0.717) is 12.1 Å². The highest BCUT2D eigenvalue weighted by atomic mass is 32.2. The summed E-state index contributed by atoms with van der Waals surface area (Å²) in [5, 5.41) is 9.26. The Labute approximate surface area is 121 Å². The minimum atomic E-state index is -3.55. The van der Waals surface area contributed by atoms with Gasteiger partial charge in [0.2, 0.25) is 10.0 Å². The maximum absolute atomic E-state index is 12.4. The summed E-state index contributed by atoms with van der Waals surface area (Å²) in [6, 6.07) is 6.58. The molecule has 2 N–H and O–H groups in total. The SMILES string of the molecule is CC1(CNS(=O)(=O)c2ccccc2CO)CCCCC1. The maximum Gasteiger partial charge on any atom is 0.240 e. The van der Waals surface area contributed by atoms with Crippen LogP contribution in [0, 0.1) is 5.41 Å². The second-order valence-electron chi connectivity index (χ2n) is 5.96. The van der Waals surface area contributed by atoms with Gasteiger partial charge in [0.25, 0.3) is 0 Å². The zero-order valence-corrected chi connectivity index (χ0v) is 12.7. The van der Waals surface area contributed by atoms with Gasteiger partial charge in [0.15, 0.2) is 0 Å². The number of nitrogens with one attached hydrogen (secondary N) is 1. The molecule has 0 aromatic heterocycles. The van der Waals surface area contributed by atoms with Gasteiger partial charge in [0, 0.05) is 6.54 Å². The molecule has 1 fully saturated rings. The standard InChI is InChI=1S/C15H23NO3S/c1-15(9-5-2-6-10-15)12-16-20(18,19)14-8-4-3-7-13(14)11-17/h3-4,7-8,16-17H,2,5-6,9-12H2,1H3. The summed E-state index contributed by atoms with van der Waals surface area (Å²) >= 11 is 0. The van der Waals surface area contributed by atoms with Gasteiger partial charge in [-0.15, -0.1) is 0 Å². The van der Waals surface area contributed by atoms with Crippen molar-refractivity contribution in [2.24, 2.45) is 5.41 Å². The molecule has 0 radical (unpaired) electrons. The fourth-order valence-corrected chi connectivity index (χ4v) is 4.26. The molecule has 0 amide bonds. The lowest BCUT2D eigenvalue weighted by Crippen LogP contribution is -2.37. The Hall–Kier alpha value is -0.910. The van der Waals surface area contributed by atoms with E-state index in [1.165, 1.54) is 25.3 Å². The molecule has 2 rings (SSSR count). The number of sulfonamides is 1. The van der Waals surface area contributed by atoms with Crippen LogP contribution in [0.3, 0.4) is 0 Å². The molecule has 0 atom stereocenters. The summed E-state index contributed by atoms with van der Waals surface area (Å²) in [5.41, 5.74) is 0.494. The number of hydrogen-bond acceptors (Lipinski definition) is 3. The molecule has 0 unspecified atom stereocenters. The van der Waals surface area contributed by atoms with Crippen LogP contribution in [-0.2, 0) is 16.6 Å². The van der Waals surface area contributed by atoms with Gasteiger partial charge < -0.3 is 5.11 Å². The van der Waals surface area contributed by atoms with Crippen LogP contribution >= 0.6 is 0 Å². The van der Waals surface area contributed by atoms with E-state index in [1.807, 2.05) is 0 Å². The Morgan fingerprint density at radius 2 is 1.85 bits per heavy atom. The van der Waals surface area contributed by atoms with Crippen molar-refractivity contribution in [3.8, 4) is 0 Å². The van der Waals surface area contributed by atoms with Crippen molar-refractivity contribution >= 4 is 10.0 Å². The van der Waals surface area contributed by atoms with Crippen LogP contribution in [0.4, 0.5) is 0 Å². The molecule has 1 aromatic rings. The summed E-state index contributed by atoms with van der Waals surface area (Å²) in [6.07, 6.45) is 5.72. The van der Waals surface area contributed by atoms with Crippen LogP contribution in [-0.4, -0.2) is 20.1 Å². The molecule has 0 aliphatic heterocycles. The lowest BCUT2D eigenvalue weighted by Gasteiger charge is -2.33. The van der Waals surface area contributed by atoms with Crippen molar-refractivity contribution in [3.05, 3.63) is 29.8 Å². The third-order valence-corrected chi connectivity index (χ3v) is 5.68. The number of hydrogen-bond donors (Lipinski definition) is 2. The lowest BCUT2D eigenvalue weighted by atomic mass is 9.76. The van der Waals surface area contributed by atoms with Crippen LogP contribution in [0.1, 0.15) is 44.6 Å². The van der Waals surface area contributed by atoms with Crippen LogP contribution in [0.15, 0.2) is 29.2 Å². The molecule has 0 heterocycles. The third-order valence-electron chi connectivity index (χ3n) is 4.18. The van der Waals surface area contributed by atoms with Crippen molar-refractivity contribution in [3.63, 3.8) is 0 Å². The Bertz CT molecular complexity index is 548. The second kappa shape index (κ2) is 6.24. The average Bonchev–Trinajstić information content (AvgIpc) is 2.46. The molecular formula is C15H23NO3S. The summed E-state index contributed by atoms with van der Waals surface area (Å²) in [7, 11) is -3.55. The molecule has 0 bridgehead atoms. The predicted octanol–water partition coefficient (Wildman–Crippen LogP) is 2.43. The lowest BCUT2D eigenvalue weighted by molar-refractivity contribution is 0.219. The van der Waals surface area contributed by atoms with Crippen LogP contribution < -0.4 is 4.72 Å². The summed E-state index contributed by atoms with van der Waals surface area (Å²) in [4.78, 5) is 0.182. The molecule has 5 heteroatoms. The topological polar surface area (TPSA) is 66.4 Å². The third kappa shape index (κ3) is 3.59. The van der Waals surface area contributed by atoms with Gasteiger partial charge in [-0.1, -0.05) is 44.4 Å². The fraction of sp³-hybridized carbons (Fsp3) is 0.600. The minimum absolute atomic E-state index is 0.0550. The summed E-state index contributed by atoms with van der Waals surface area (Å²) < 4.78 is 27.5. The minimum Gasteiger partial charge on any atom is -0.392 e. The first-order valence-electron chi connectivity index (χ1n) is 7.15. The van der Waals surface area contributed by atoms with E-state index in [0.717, 1.165) is 12.8 Å². The van der Waals surface area contributed by atoms with Crippen LogP contribution in [0.5, 0.6) is 0 Å². The number of aliphatic hydroxyl groups excluding tert-OH is 1. The Morgan fingerprint density at radius 1 is 1.20 bits per heavy atom. The molecule has 20 heavy (non-hydrogen) atoms. The zero-order valence-electron chi connectivity index (χ0n) is 11.9. The molecule has 1 saturated carbocycles. The number of rotatable bonds is 5. The first kappa shape index (κ1) is 15.5. The van der Waals surface area contributed by atoms with E-state index in [1.54, 1.807) is 18.2 Å². The Balaban J connectivity index is 2.11. The first-order valence-corrected chi connectivity index (χ1v) is 8.64. The molecule has 1 aromatic carbocycles. The van der Waals surface area contributed by atoms with E-state index >= 15 is 0 Å². The first-order chi connectivity index (χ1) is 9.47. The molecular weight excluding hydrogens is 274 g/mol. The van der Waals surface area contributed by atoms with Crippen molar-refractivity contribution in [2.75, 3.05) is 6.54 Å². The van der Waals surface area contributed by atoms with Gasteiger partial charge in [-0.2, -0.15) is 0 Å². The molecule has 0 saturated heterocycles. The van der Waals surface area contributed by atoms with Gasteiger partial charge in [-0.25, -0.2) is 13.1 Å². The van der Waals surface area contributed by atoms with Gasteiger partial charge >= 0.3 is 0 Å². The fourth-order valence-electron chi connectivity index (χ4n) is 2.83. The van der Waals surface area contributed by atoms with Gasteiger partial charge in [0.05, 0.1) is 11.5 Å². The van der Waals surface area contributed by atoms with Crippen LogP contribution in [0.25, 0.3) is 0 Å². The number of aliphatic hydroxyl groups is 1. The van der Waals surface area contributed by atoms with E-state index < -0.39 is 10.0 Å². The van der Waals surface area contributed by atoms with E-state index in [4.69, 9.17) is 0 Å². The van der Waals surface area contributed by atoms with E-state index in [9.17, 15) is 13.5 Å². The molecule has 4 nitrogen and oxygen atoms in total. The Kier molecular flexibility index (Phi) is 4.83. The normalized spacial score (nSPS) is 18.9. The molecule has 112 valence electrons. The van der Waals surface area contributed by atoms with Crippen molar-refractivity contribution < 1.29 is 13.5 Å². The van der Waals surface area contributed by atoms with Crippen molar-refractivity contribution in [2.45, 2.75) is 50.5 Å². The molecule has 0 spiro atoms. The van der Waals surface area contributed by atoms with Gasteiger partial charge in [-0.05, 0) is 29.9 Å². The zero-order chi connectivity index (χ0) is 14.6. The average molecular weight is 297 g/mol. The van der Waals surface area contributed by atoms with E-state index in [2.05, 4.69) is 11.6 Å². The highest BCUT2D eigenvalue weighted by molar-refractivity contribution is 7.89. The monoisotopic (exact) mass is 297 g/mol. The van der Waals surface area contributed by atoms with Gasteiger partial charge in [-0.3, -0.25) is 0 Å². The Morgan fingerprint density at radius 3 is 2.50 bits per heavy atom. The van der Waals surface area contributed by atoms with Gasteiger partial charge in [0.1, 0.15) is 0 Å². The summed E-state index contributed by atoms with van der Waals surface area (Å²) in [5.74, 6) is 0. The smallest absolute Gasteiger partial charge is 0.240 e. The predicted molar refractivity (Wildman–Crippen MR) is 78.7 cm³/mol. The maximum atomic E-state index is 12.4. The molecule has 1 aliphatic rings. The van der Waals surface area contributed by atoms with E-state index in [-0.39, 0.29) is 16.9 Å². The van der Waals surface area contributed by atoms with Crippen LogP contribution in [0.2, 0.25) is 0 Å². The largest absolute Gasteiger partial charge is 0.392 e.